The quantitative estimate of drug-likeness (QED) is 0.573. The van der Waals surface area contributed by atoms with Crippen LogP contribution in [0.25, 0.3) is 10.9 Å². The van der Waals surface area contributed by atoms with Gasteiger partial charge in [0.25, 0.3) is 5.56 Å². The molecule has 0 saturated carbocycles. The first-order valence-electron chi connectivity index (χ1n) is 11.7. The van der Waals surface area contributed by atoms with Gasteiger partial charge in [-0.15, -0.1) is 0 Å². The number of rotatable bonds is 6. The zero-order chi connectivity index (χ0) is 24.5. The Morgan fingerprint density at radius 2 is 1.62 bits per heavy atom. The highest BCUT2D eigenvalue weighted by molar-refractivity contribution is 7.89. The zero-order valence-electron chi connectivity index (χ0n) is 19.9. The van der Waals surface area contributed by atoms with Crippen molar-refractivity contribution in [2.24, 2.45) is 0 Å². The predicted molar refractivity (Wildman–Crippen MR) is 135 cm³/mol. The molecule has 1 aromatic heterocycles. The lowest BCUT2D eigenvalue weighted by Crippen LogP contribution is -2.35. The molecule has 7 nitrogen and oxygen atoms in total. The Morgan fingerprint density at radius 3 is 2.29 bits per heavy atom. The Morgan fingerprint density at radius 1 is 0.941 bits per heavy atom. The van der Waals surface area contributed by atoms with Crippen molar-refractivity contribution in [2.45, 2.75) is 57.9 Å². The smallest absolute Gasteiger partial charge is 0.251 e. The number of aromatic nitrogens is 1. The van der Waals surface area contributed by atoms with Crippen LogP contribution >= 0.6 is 0 Å². The molecule has 2 heterocycles. The molecule has 0 bridgehead atoms. The number of benzene rings is 2. The molecule has 0 atom stereocenters. The summed E-state index contributed by atoms with van der Waals surface area (Å²) in [5.41, 5.74) is 4.30. The van der Waals surface area contributed by atoms with Gasteiger partial charge in [-0.05, 0) is 75.1 Å². The Hall–Kier alpha value is -2.97. The number of fused-ring (bicyclic) bond motifs is 1. The van der Waals surface area contributed by atoms with Crippen molar-refractivity contribution in [2.75, 3.05) is 18.4 Å². The maximum absolute atomic E-state index is 12.8. The van der Waals surface area contributed by atoms with Crippen LogP contribution in [-0.2, 0) is 21.4 Å². The molecular formula is C26H31N3O4S. The van der Waals surface area contributed by atoms with Crippen molar-refractivity contribution < 1.29 is 13.2 Å². The van der Waals surface area contributed by atoms with Crippen molar-refractivity contribution in [3.05, 3.63) is 69.5 Å². The molecular weight excluding hydrogens is 450 g/mol. The van der Waals surface area contributed by atoms with Gasteiger partial charge in [-0.2, -0.15) is 4.31 Å². The van der Waals surface area contributed by atoms with Crippen LogP contribution in [0.3, 0.4) is 0 Å². The van der Waals surface area contributed by atoms with Crippen LogP contribution in [0.15, 0.2) is 52.2 Å². The summed E-state index contributed by atoms with van der Waals surface area (Å²) in [6, 6.07) is 12.0. The van der Waals surface area contributed by atoms with Crippen molar-refractivity contribution in [1.82, 2.24) is 8.87 Å². The first-order chi connectivity index (χ1) is 16.2. The fourth-order valence-corrected chi connectivity index (χ4v) is 6.21. The number of amides is 1. The average Bonchev–Trinajstić information content (AvgIpc) is 2.80. The second-order valence-electron chi connectivity index (χ2n) is 9.08. The molecule has 0 radical (unpaired) electrons. The standard InChI is InChI=1S/C26H31N3O4S/c1-18-15-20(3)26-23(16-18)19(2)17-25(31)29(26)14-11-24(30)27-21-7-9-22(10-8-21)34(32,33)28-12-5-4-6-13-28/h7-10,15-17H,4-6,11-14H2,1-3H3,(H,27,30). The number of carbonyl (C=O) groups is 1. The highest BCUT2D eigenvalue weighted by Crippen LogP contribution is 2.24. The molecule has 1 amide bonds. The second kappa shape index (κ2) is 9.72. The predicted octanol–water partition coefficient (Wildman–Crippen LogP) is 4.13. The summed E-state index contributed by atoms with van der Waals surface area (Å²) in [4.78, 5) is 25.5. The number of nitrogens with zero attached hydrogens (tertiary/aromatic N) is 2. The number of pyridine rings is 1. The summed E-state index contributed by atoms with van der Waals surface area (Å²) >= 11 is 0. The van der Waals surface area contributed by atoms with E-state index in [9.17, 15) is 18.0 Å². The minimum absolute atomic E-state index is 0.124. The second-order valence-corrected chi connectivity index (χ2v) is 11.0. The average molecular weight is 482 g/mol. The van der Waals surface area contributed by atoms with E-state index in [1.165, 1.54) is 16.4 Å². The lowest BCUT2D eigenvalue weighted by molar-refractivity contribution is -0.116. The van der Waals surface area contributed by atoms with E-state index in [1.54, 1.807) is 22.8 Å². The molecule has 180 valence electrons. The normalized spacial score (nSPS) is 14.9. The van der Waals surface area contributed by atoms with E-state index in [2.05, 4.69) is 11.4 Å². The van der Waals surface area contributed by atoms with Crippen molar-refractivity contribution >= 4 is 32.5 Å². The van der Waals surface area contributed by atoms with E-state index >= 15 is 0 Å². The summed E-state index contributed by atoms with van der Waals surface area (Å²) < 4.78 is 28.8. The van der Waals surface area contributed by atoms with E-state index < -0.39 is 10.0 Å². The van der Waals surface area contributed by atoms with Crippen molar-refractivity contribution in [1.29, 1.82) is 0 Å². The third-order valence-electron chi connectivity index (χ3n) is 6.40. The minimum atomic E-state index is -3.51. The lowest BCUT2D eigenvalue weighted by atomic mass is 10.0. The first-order valence-corrected chi connectivity index (χ1v) is 13.1. The van der Waals surface area contributed by atoms with Crippen LogP contribution in [0.2, 0.25) is 0 Å². The molecule has 0 aliphatic carbocycles. The summed E-state index contributed by atoms with van der Waals surface area (Å²) in [5.74, 6) is -0.239. The Labute approximate surface area is 200 Å². The Balaban J connectivity index is 1.46. The van der Waals surface area contributed by atoms with Gasteiger partial charge in [-0.25, -0.2) is 8.42 Å². The lowest BCUT2D eigenvalue weighted by Gasteiger charge is -2.25. The maximum Gasteiger partial charge on any atom is 0.251 e. The molecule has 1 aliphatic rings. The molecule has 2 aromatic carbocycles. The summed E-state index contributed by atoms with van der Waals surface area (Å²) in [6.07, 6.45) is 2.94. The van der Waals surface area contributed by atoms with Crippen LogP contribution in [0, 0.1) is 20.8 Å². The molecule has 0 unspecified atom stereocenters. The molecule has 0 spiro atoms. The first kappa shape index (κ1) is 24.2. The summed E-state index contributed by atoms with van der Waals surface area (Å²) in [6.45, 7) is 7.28. The fourth-order valence-electron chi connectivity index (χ4n) is 4.69. The van der Waals surface area contributed by atoms with E-state index in [4.69, 9.17) is 0 Å². The van der Waals surface area contributed by atoms with Crippen LogP contribution in [0.1, 0.15) is 42.4 Å². The number of piperidine rings is 1. The van der Waals surface area contributed by atoms with Gasteiger partial charge in [0.2, 0.25) is 15.9 Å². The van der Waals surface area contributed by atoms with E-state index in [-0.39, 0.29) is 29.3 Å². The fraction of sp³-hybridized carbons (Fsp3) is 0.385. The topological polar surface area (TPSA) is 88.5 Å². The third kappa shape index (κ3) is 4.93. The van der Waals surface area contributed by atoms with Gasteiger partial charge < -0.3 is 9.88 Å². The molecule has 4 rings (SSSR count). The van der Waals surface area contributed by atoms with E-state index in [0.717, 1.165) is 46.9 Å². The van der Waals surface area contributed by atoms with E-state index in [1.807, 2.05) is 26.8 Å². The van der Waals surface area contributed by atoms with Crippen LogP contribution in [-0.4, -0.2) is 36.3 Å². The molecule has 34 heavy (non-hydrogen) atoms. The number of nitrogens with one attached hydrogen (secondary N) is 1. The number of hydrogen-bond donors (Lipinski definition) is 1. The molecule has 1 aliphatic heterocycles. The van der Waals surface area contributed by atoms with E-state index in [0.29, 0.717) is 18.8 Å². The maximum atomic E-state index is 12.8. The van der Waals surface area contributed by atoms with Gasteiger partial charge in [-0.3, -0.25) is 9.59 Å². The van der Waals surface area contributed by atoms with Gasteiger partial charge in [0.05, 0.1) is 10.4 Å². The monoisotopic (exact) mass is 481 g/mol. The van der Waals surface area contributed by atoms with Crippen molar-refractivity contribution in [3.63, 3.8) is 0 Å². The number of hydrogen-bond acceptors (Lipinski definition) is 4. The van der Waals surface area contributed by atoms with Crippen LogP contribution in [0.5, 0.6) is 0 Å². The van der Waals surface area contributed by atoms with Gasteiger partial charge >= 0.3 is 0 Å². The van der Waals surface area contributed by atoms with Crippen molar-refractivity contribution in [3.8, 4) is 0 Å². The highest BCUT2D eigenvalue weighted by atomic mass is 32.2. The molecule has 1 saturated heterocycles. The SMILES string of the molecule is Cc1cc(C)c2c(c1)c(C)cc(=O)n2CCC(=O)Nc1ccc(S(=O)(=O)N2CCCCC2)cc1. The molecule has 1 N–H and O–H groups in total. The largest absolute Gasteiger partial charge is 0.326 e. The number of anilines is 1. The number of sulfonamides is 1. The summed E-state index contributed by atoms with van der Waals surface area (Å²) in [7, 11) is -3.51. The number of carbonyl (C=O) groups excluding carboxylic acids is 1. The van der Waals surface area contributed by atoms with Crippen LogP contribution in [0.4, 0.5) is 5.69 Å². The van der Waals surface area contributed by atoms with Crippen LogP contribution < -0.4 is 10.9 Å². The van der Waals surface area contributed by atoms with Gasteiger partial charge in [0.1, 0.15) is 0 Å². The van der Waals surface area contributed by atoms with Gasteiger partial charge in [-0.1, -0.05) is 18.1 Å². The Kier molecular flexibility index (Phi) is 6.91. The molecule has 1 fully saturated rings. The number of aryl methyl sites for hydroxylation is 4. The molecule has 8 heteroatoms. The highest BCUT2D eigenvalue weighted by Gasteiger charge is 2.25. The summed E-state index contributed by atoms with van der Waals surface area (Å²) in [5, 5.41) is 3.83. The third-order valence-corrected chi connectivity index (χ3v) is 8.31. The minimum Gasteiger partial charge on any atom is -0.326 e. The van der Waals surface area contributed by atoms with Gasteiger partial charge in [0.15, 0.2) is 0 Å². The molecule has 3 aromatic rings. The van der Waals surface area contributed by atoms with Gasteiger partial charge in [0, 0.05) is 43.2 Å². The zero-order valence-corrected chi connectivity index (χ0v) is 20.7. The Bertz CT molecular complexity index is 1390.